The molecule has 1 heterocycles. The van der Waals surface area contributed by atoms with Crippen LogP contribution in [0.15, 0.2) is 30.3 Å². The highest BCUT2D eigenvalue weighted by Gasteiger charge is 2.39. The van der Waals surface area contributed by atoms with Crippen LogP contribution in [0.4, 0.5) is 0 Å². The van der Waals surface area contributed by atoms with E-state index in [4.69, 9.17) is 0 Å². The second-order valence-electron chi connectivity index (χ2n) is 7.07. The quantitative estimate of drug-likeness (QED) is 0.801. The number of hydrogen-bond donors (Lipinski definition) is 0. The molecular formula is C20H32N2O. The molecule has 23 heavy (non-hydrogen) atoms. The van der Waals surface area contributed by atoms with Crippen molar-refractivity contribution in [1.29, 1.82) is 0 Å². The first-order valence-electron chi connectivity index (χ1n) is 9.05. The van der Waals surface area contributed by atoms with Crippen molar-refractivity contribution >= 4 is 5.91 Å². The number of nitrogens with zero attached hydrogens (tertiary/aromatic N) is 2. The number of rotatable bonds is 6. The van der Waals surface area contributed by atoms with E-state index in [1.165, 1.54) is 5.56 Å². The molecule has 0 unspecified atom stereocenters. The van der Waals surface area contributed by atoms with E-state index in [9.17, 15) is 4.79 Å². The summed E-state index contributed by atoms with van der Waals surface area (Å²) in [6.45, 7) is 9.04. The summed E-state index contributed by atoms with van der Waals surface area (Å²) in [6, 6.07) is 10.7. The third-order valence-corrected chi connectivity index (χ3v) is 5.73. The van der Waals surface area contributed by atoms with E-state index >= 15 is 0 Å². The zero-order valence-corrected chi connectivity index (χ0v) is 15.2. The van der Waals surface area contributed by atoms with Gasteiger partial charge in [-0.3, -0.25) is 9.69 Å². The van der Waals surface area contributed by atoms with Crippen LogP contribution in [0.1, 0.15) is 45.6 Å². The molecule has 1 aromatic rings. The maximum Gasteiger partial charge on any atom is 0.242 e. The Morgan fingerprint density at radius 1 is 1.22 bits per heavy atom. The molecule has 1 saturated heterocycles. The fourth-order valence-electron chi connectivity index (χ4n) is 3.56. The predicted molar refractivity (Wildman–Crippen MR) is 96.5 cm³/mol. The van der Waals surface area contributed by atoms with Gasteiger partial charge in [0.2, 0.25) is 5.91 Å². The minimum absolute atomic E-state index is 0.308. The van der Waals surface area contributed by atoms with Gasteiger partial charge >= 0.3 is 0 Å². The van der Waals surface area contributed by atoms with Gasteiger partial charge in [-0.25, -0.2) is 0 Å². The maximum absolute atomic E-state index is 13.0. The lowest BCUT2D eigenvalue weighted by Crippen LogP contribution is -2.57. The molecule has 3 nitrogen and oxygen atoms in total. The van der Waals surface area contributed by atoms with Crippen molar-refractivity contribution in [3.63, 3.8) is 0 Å². The van der Waals surface area contributed by atoms with E-state index in [-0.39, 0.29) is 5.54 Å². The summed E-state index contributed by atoms with van der Waals surface area (Å²) < 4.78 is 0. The lowest BCUT2D eigenvalue weighted by molar-refractivity contribution is -0.144. The van der Waals surface area contributed by atoms with E-state index in [2.05, 4.69) is 68.0 Å². The Morgan fingerprint density at radius 3 is 2.35 bits per heavy atom. The zero-order chi connectivity index (χ0) is 16.9. The van der Waals surface area contributed by atoms with Gasteiger partial charge < -0.3 is 4.90 Å². The van der Waals surface area contributed by atoms with Gasteiger partial charge in [0.05, 0.1) is 5.54 Å². The van der Waals surface area contributed by atoms with E-state index < -0.39 is 0 Å². The number of hydrogen-bond acceptors (Lipinski definition) is 2. The summed E-state index contributed by atoms with van der Waals surface area (Å²) in [7, 11) is 2.06. The molecule has 1 aromatic carbocycles. The Labute approximate surface area is 141 Å². The van der Waals surface area contributed by atoms with Gasteiger partial charge in [0.15, 0.2) is 0 Å². The first kappa shape index (κ1) is 18.0. The summed E-state index contributed by atoms with van der Waals surface area (Å²) in [5.41, 5.74) is 1.06. The molecule has 0 bridgehead atoms. The normalized spacial score (nSPS) is 18.9. The van der Waals surface area contributed by atoms with Crippen LogP contribution in [0.5, 0.6) is 0 Å². The Kier molecular flexibility index (Phi) is 6.23. The van der Waals surface area contributed by atoms with Crippen molar-refractivity contribution in [2.24, 2.45) is 5.92 Å². The second-order valence-corrected chi connectivity index (χ2v) is 7.07. The van der Waals surface area contributed by atoms with Gasteiger partial charge in [0, 0.05) is 13.1 Å². The summed E-state index contributed by atoms with van der Waals surface area (Å²) in [5, 5.41) is 0. The molecule has 2 rings (SSSR count). The van der Waals surface area contributed by atoms with Crippen molar-refractivity contribution in [2.45, 2.75) is 52.0 Å². The Hall–Kier alpha value is -1.35. The number of likely N-dealkylation sites (N-methyl/N-ethyl adjacent to an activating group) is 1. The monoisotopic (exact) mass is 316 g/mol. The summed E-state index contributed by atoms with van der Waals surface area (Å²) in [6.07, 6.45) is 4.25. The van der Waals surface area contributed by atoms with Crippen LogP contribution < -0.4 is 0 Å². The van der Waals surface area contributed by atoms with Crippen LogP contribution >= 0.6 is 0 Å². The highest BCUT2D eigenvalue weighted by Crippen LogP contribution is 2.26. The van der Waals surface area contributed by atoms with Gasteiger partial charge in [-0.1, -0.05) is 44.2 Å². The highest BCUT2D eigenvalue weighted by molar-refractivity contribution is 5.86. The van der Waals surface area contributed by atoms with Gasteiger partial charge in [-0.15, -0.1) is 0 Å². The van der Waals surface area contributed by atoms with Gasteiger partial charge in [0.1, 0.15) is 0 Å². The fraction of sp³-hybridized carbons (Fsp3) is 0.650. The maximum atomic E-state index is 13.0. The number of likely N-dealkylation sites (tertiary alicyclic amines) is 1. The van der Waals surface area contributed by atoms with E-state index in [0.29, 0.717) is 11.8 Å². The number of benzene rings is 1. The molecule has 0 spiro atoms. The van der Waals surface area contributed by atoms with Crippen LogP contribution in [0.3, 0.4) is 0 Å². The zero-order valence-electron chi connectivity index (χ0n) is 15.2. The average Bonchev–Trinajstić information content (AvgIpc) is 2.61. The number of piperidine rings is 1. The van der Waals surface area contributed by atoms with Crippen molar-refractivity contribution < 1.29 is 4.79 Å². The summed E-state index contributed by atoms with van der Waals surface area (Å²) in [5.74, 6) is 1.01. The van der Waals surface area contributed by atoms with E-state index in [1.54, 1.807) is 0 Å². The van der Waals surface area contributed by atoms with E-state index in [1.807, 2.05) is 0 Å². The molecule has 1 amide bonds. The average molecular weight is 316 g/mol. The minimum Gasteiger partial charge on any atom is -0.341 e. The Morgan fingerprint density at radius 2 is 1.83 bits per heavy atom. The standard InChI is InChI=1S/C20H32N2O/c1-5-20(3,21(4)6-2)19(23)22-14-12-18(13-15-22)16-17-10-8-7-9-11-17/h7-11,18H,5-6,12-16H2,1-4H3/t20-/m1/s1. The smallest absolute Gasteiger partial charge is 0.242 e. The molecule has 128 valence electrons. The van der Waals surface area contributed by atoms with Crippen LogP contribution in [-0.2, 0) is 11.2 Å². The molecule has 1 fully saturated rings. The lowest BCUT2D eigenvalue weighted by atomic mass is 9.88. The number of amides is 1. The van der Waals surface area contributed by atoms with Gasteiger partial charge in [-0.2, -0.15) is 0 Å². The van der Waals surface area contributed by atoms with Crippen molar-refractivity contribution in [2.75, 3.05) is 26.7 Å². The van der Waals surface area contributed by atoms with Crippen LogP contribution in [0.25, 0.3) is 0 Å². The molecule has 0 aliphatic carbocycles. The predicted octanol–water partition coefficient (Wildman–Crippen LogP) is 3.59. The number of carbonyl (C=O) groups excluding carboxylic acids is 1. The van der Waals surface area contributed by atoms with Crippen LogP contribution in [0, 0.1) is 5.92 Å². The SMILES string of the molecule is CCN(C)[C@](C)(CC)C(=O)N1CCC(Cc2ccccc2)CC1. The molecule has 0 aromatic heterocycles. The topological polar surface area (TPSA) is 23.6 Å². The third-order valence-electron chi connectivity index (χ3n) is 5.73. The van der Waals surface area contributed by atoms with Crippen molar-refractivity contribution in [1.82, 2.24) is 9.80 Å². The lowest BCUT2D eigenvalue weighted by Gasteiger charge is -2.42. The van der Waals surface area contributed by atoms with Crippen molar-refractivity contribution in [3.05, 3.63) is 35.9 Å². The Bertz CT molecular complexity index is 494. The minimum atomic E-state index is -0.360. The highest BCUT2D eigenvalue weighted by atomic mass is 16.2. The number of carbonyl (C=O) groups is 1. The Balaban J connectivity index is 1.92. The largest absolute Gasteiger partial charge is 0.341 e. The van der Waals surface area contributed by atoms with Crippen LogP contribution in [0.2, 0.25) is 0 Å². The van der Waals surface area contributed by atoms with Gasteiger partial charge in [-0.05, 0) is 57.7 Å². The molecule has 1 aliphatic rings. The molecule has 0 saturated carbocycles. The second kappa shape index (κ2) is 7.96. The van der Waals surface area contributed by atoms with Crippen LogP contribution in [-0.4, -0.2) is 47.9 Å². The summed E-state index contributed by atoms with van der Waals surface area (Å²) in [4.78, 5) is 17.3. The first-order chi connectivity index (χ1) is 11.0. The fourth-order valence-corrected chi connectivity index (χ4v) is 3.56. The van der Waals surface area contributed by atoms with Crippen molar-refractivity contribution in [3.8, 4) is 0 Å². The van der Waals surface area contributed by atoms with E-state index in [0.717, 1.165) is 45.3 Å². The first-order valence-corrected chi connectivity index (χ1v) is 9.05. The summed E-state index contributed by atoms with van der Waals surface area (Å²) >= 11 is 0. The third kappa shape index (κ3) is 4.14. The van der Waals surface area contributed by atoms with Gasteiger partial charge in [0.25, 0.3) is 0 Å². The molecule has 1 atom stereocenters. The molecule has 3 heteroatoms. The molecular weight excluding hydrogens is 284 g/mol. The molecule has 1 aliphatic heterocycles. The molecule has 0 N–H and O–H groups in total. The molecule has 0 radical (unpaired) electrons.